The molecular formula is C24H29Cl2NO2. The lowest BCUT2D eigenvalue weighted by Crippen LogP contribution is -2.18. The van der Waals surface area contributed by atoms with Crippen molar-refractivity contribution in [2.24, 2.45) is 0 Å². The van der Waals surface area contributed by atoms with Gasteiger partial charge < -0.3 is 14.8 Å². The van der Waals surface area contributed by atoms with Crippen LogP contribution in [0.5, 0.6) is 5.75 Å². The lowest BCUT2D eigenvalue weighted by Gasteiger charge is -2.15. The standard InChI is InChI=1S/C24H28ClNO2.ClH/c1-18(2)27-15-5-14-26-16-23-22-7-4-3-6-20(22)10-13-24(23)28-17-19-8-11-21(25)12-9-19;/h3-4,6-13,18,26H,5,14-17H2,1-2H3;1H. The van der Waals surface area contributed by atoms with Crippen LogP contribution in [0.2, 0.25) is 5.02 Å². The van der Waals surface area contributed by atoms with Crippen molar-refractivity contribution in [3.8, 4) is 5.75 Å². The van der Waals surface area contributed by atoms with Crippen LogP contribution in [-0.2, 0) is 17.9 Å². The van der Waals surface area contributed by atoms with Crippen LogP contribution in [-0.4, -0.2) is 19.3 Å². The first kappa shape index (κ1) is 23.5. The molecule has 0 bridgehead atoms. The molecule has 0 amide bonds. The van der Waals surface area contributed by atoms with Crippen molar-refractivity contribution < 1.29 is 9.47 Å². The molecule has 3 aromatic rings. The maximum atomic E-state index is 6.17. The molecule has 0 radical (unpaired) electrons. The maximum absolute atomic E-state index is 6.17. The molecule has 0 aliphatic rings. The van der Waals surface area contributed by atoms with Gasteiger partial charge in [0, 0.05) is 23.7 Å². The highest BCUT2D eigenvalue weighted by atomic mass is 35.5. The van der Waals surface area contributed by atoms with Gasteiger partial charge in [-0.25, -0.2) is 0 Å². The van der Waals surface area contributed by atoms with Gasteiger partial charge in [-0.05, 0) is 61.3 Å². The van der Waals surface area contributed by atoms with Gasteiger partial charge in [-0.3, -0.25) is 0 Å². The topological polar surface area (TPSA) is 30.5 Å². The Hall–Kier alpha value is -1.78. The molecule has 3 aromatic carbocycles. The van der Waals surface area contributed by atoms with Crippen molar-refractivity contribution in [2.75, 3.05) is 13.2 Å². The number of halogens is 2. The van der Waals surface area contributed by atoms with Gasteiger partial charge in [-0.15, -0.1) is 12.4 Å². The highest BCUT2D eigenvalue weighted by Gasteiger charge is 2.09. The van der Waals surface area contributed by atoms with E-state index < -0.39 is 0 Å². The first-order valence-electron chi connectivity index (χ1n) is 9.83. The summed E-state index contributed by atoms with van der Waals surface area (Å²) >= 11 is 5.97. The molecule has 0 aliphatic carbocycles. The van der Waals surface area contributed by atoms with E-state index in [2.05, 4.69) is 55.6 Å². The van der Waals surface area contributed by atoms with Gasteiger partial charge in [0.1, 0.15) is 12.4 Å². The fourth-order valence-electron chi connectivity index (χ4n) is 3.10. The van der Waals surface area contributed by atoms with Crippen LogP contribution in [0.3, 0.4) is 0 Å². The van der Waals surface area contributed by atoms with E-state index in [1.165, 1.54) is 16.3 Å². The highest BCUT2D eigenvalue weighted by Crippen LogP contribution is 2.29. The molecule has 0 atom stereocenters. The molecule has 3 rings (SSSR count). The Morgan fingerprint density at radius 2 is 1.72 bits per heavy atom. The first-order chi connectivity index (χ1) is 13.6. The molecule has 1 N–H and O–H groups in total. The van der Waals surface area contributed by atoms with E-state index in [9.17, 15) is 0 Å². The molecule has 0 saturated heterocycles. The molecule has 3 nitrogen and oxygen atoms in total. The van der Waals surface area contributed by atoms with Crippen molar-refractivity contribution in [1.29, 1.82) is 0 Å². The van der Waals surface area contributed by atoms with Gasteiger partial charge in [0.05, 0.1) is 6.10 Å². The Morgan fingerprint density at radius 3 is 2.48 bits per heavy atom. The predicted molar refractivity (Wildman–Crippen MR) is 124 cm³/mol. The molecular weight excluding hydrogens is 405 g/mol. The van der Waals surface area contributed by atoms with Crippen molar-refractivity contribution in [3.63, 3.8) is 0 Å². The molecule has 0 aromatic heterocycles. The summed E-state index contributed by atoms with van der Waals surface area (Å²) in [5.74, 6) is 0.916. The van der Waals surface area contributed by atoms with E-state index in [1.54, 1.807) is 0 Å². The first-order valence-corrected chi connectivity index (χ1v) is 10.2. The lowest BCUT2D eigenvalue weighted by molar-refractivity contribution is 0.0770. The fourth-order valence-corrected chi connectivity index (χ4v) is 3.23. The third-order valence-corrected chi connectivity index (χ3v) is 4.81. The molecule has 5 heteroatoms. The van der Waals surface area contributed by atoms with Gasteiger partial charge >= 0.3 is 0 Å². The number of ether oxygens (including phenoxy) is 2. The smallest absolute Gasteiger partial charge is 0.124 e. The highest BCUT2D eigenvalue weighted by molar-refractivity contribution is 6.30. The minimum absolute atomic E-state index is 0. The molecule has 0 unspecified atom stereocenters. The molecule has 0 heterocycles. The SMILES string of the molecule is CC(C)OCCCNCc1c(OCc2ccc(Cl)cc2)ccc2ccccc12.Cl. The van der Waals surface area contributed by atoms with Crippen LogP contribution >= 0.6 is 24.0 Å². The average molecular weight is 434 g/mol. The number of hydrogen-bond donors (Lipinski definition) is 1. The number of fused-ring (bicyclic) bond motifs is 1. The van der Waals surface area contributed by atoms with E-state index in [-0.39, 0.29) is 18.5 Å². The fraction of sp³-hybridized carbons (Fsp3) is 0.333. The molecule has 156 valence electrons. The quantitative estimate of drug-likeness (QED) is 0.375. The maximum Gasteiger partial charge on any atom is 0.124 e. The zero-order valence-electron chi connectivity index (χ0n) is 17.0. The Kier molecular flexibility index (Phi) is 9.75. The number of rotatable bonds is 10. The Balaban J connectivity index is 0.00000300. The summed E-state index contributed by atoms with van der Waals surface area (Å²) in [6, 6.07) is 20.4. The number of benzene rings is 3. The summed E-state index contributed by atoms with van der Waals surface area (Å²) in [6.45, 7) is 7.10. The van der Waals surface area contributed by atoms with Crippen molar-refractivity contribution in [2.45, 2.75) is 39.5 Å². The summed E-state index contributed by atoms with van der Waals surface area (Å²) in [5, 5.41) is 6.72. The van der Waals surface area contributed by atoms with Crippen LogP contribution < -0.4 is 10.1 Å². The summed E-state index contributed by atoms with van der Waals surface area (Å²) in [4.78, 5) is 0. The second kappa shape index (κ2) is 12.0. The predicted octanol–water partition coefficient (Wildman–Crippen LogP) is 6.40. The van der Waals surface area contributed by atoms with Gasteiger partial charge in [-0.1, -0.05) is 54.1 Å². The second-order valence-corrected chi connectivity index (χ2v) is 7.56. The molecule has 0 fully saturated rings. The monoisotopic (exact) mass is 433 g/mol. The van der Waals surface area contributed by atoms with Gasteiger partial charge in [0.2, 0.25) is 0 Å². The zero-order valence-corrected chi connectivity index (χ0v) is 18.6. The van der Waals surface area contributed by atoms with E-state index in [1.807, 2.05) is 24.3 Å². The van der Waals surface area contributed by atoms with E-state index >= 15 is 0 Å². The number of hydrogen-bond acceptors (Lipinski definition) is 3. The minimum atomic E-state index is 0. The van der Waals surface area contributed by atoms with Gasteiger partial charge in [0.25, 0.3) is 0 Å². The summed E-state index contributed by atoms with van der Waals surface area (Å²) in [6.07, 6.45) is 1.27. The second-order valence-electron chi connectivity index (χ2n) is 7.13. The van der Waals surface area contributed by atoms with Gasteiger partial charge in [-0.2, -0.15) is 0 Å². The summed E-state index contributed by atoms with van der Waals surface area (Å²) < 4.78 is 11.8. The minimum Gasteiger partial charge on any atom is -0.489 e. The van der Waals surface area contributed by atoms with Crippen LogP contribution in [0, 0.1) is 0 Å². The van der Waals surface area contributed by atoms with Crippen LogP contribution in [0.1, 0.15) is 31.4 Å². The summed E-state index contributed by atoms with van der Waals surface area (Å²) in [5.41, 5.74) is 2.29. The Morgan fingerprint density at radius 1 is 0.966 bits per heavy atom. The number of nitrogens with one attached hydrogen (secondary N) is 1. The zero-order chi connectivity index (χ0) is 19.8. The molecule has 0 spiro atoms. The van der Waals surface area contributed by atoms with Crippen LogP contribution in [0.15, 0.2) is 60.7 Å². The normalized spacial score (nSPS) is 10.9. The van der Waals surface area contributed by atoms with Crippen molar-refractivity contribution >= 4 is 34.8 Å². The van der Waals surface area contributed by atoms with E-state index in [0.717, 1.165) is 42.5 Å². The molecule has 0 saturated carbocycles. The van der Waals surface area contributed by atoms with E-state index in [4.69, 9.17) is 21.1 Å². The van der Waals surface area contributed by atoms with Crippen molar-refractivity contribution in [3.05, 3.63) is 76.8 Å². The third kappa shape index (κ3) is 7.20. The summed E-state index contributed by atoms with van der Waals surface area (Å²) in [7, 11) is 0. The lowest BCUT2D eigenvalue weighted by atomic mass is 10.0. The molecule has 0 aliphatic heterocycles. The Labute approximate surface area is 184 Å². The Bertz CT molecular complexity index is 882. The molecule has 29 heavy (non-hydrogen) atoms. The van der Waals surface area contributed by atoms with Crippen molar-refractivity contribution in [1.82, 2.24) is 5.32 Å². The van der Waals surface area contributed by atoms with Crippen LogP contribution in [0.25, 0.3) is 10.8 Å². The largest absolute Gasteiger partial charge is 0.489 e. The van der Waals surface area contributed by atoms with Gasteiger partial charge in [0.15, 0.2) is 0 Å². The van der Waals surface area contributed by atoms with Crippen LogP contribution in [0.4, 0.5) is 0 Å². The third-order valence-electron chi connectivity index (χ3n) is 4.56. The van der Waals surface area contributed by atoms with E-state index in [0.29, 0.717) is 6.61 Å². The average Bonchev–Trinajstić information content (AvgIpc) is 2.70.